The Morgan fingerprint density at radius 2 is 1.96 bits per heavy atom. The van der Waals surface area contributed by atoms with Crippen molar-refractivity contribution in [1.82, 2.24) is 9.88 Å². The molecule has 0 bridgehead atoms. The predicted octanol–water partition coefficient (Wildman–Crippen LogP) is 3.88. The van der Waals surface area contributed by atoms with Crippen molar-refractivity contribution in [3.63, 3.8) is 0 Å². The summed E-state index contributed by atoms with van der Waals surface area (Å²) in [5.74, 6) is -1.95. The number of rotatable bonds is 7. The van der Waals surface area contributed by atoms with Crippen LogP contribution in [0.25, 0.3) is 0 Å². The van der Waals surface area contributed by atoms with E-state index < -0.39 is 12.5 Å². The third-order valence-electron chi connectivity index (χ3n) is 5.51. The Bertz CT molecular complexity index is 542. The molecule has 4 nitrogen and oxygen atoms in total. The minimum absolute atomic E-state index is 0.389. The first kappa shape index (κ1) is 20.0. The summed E-state index contributed by atoms with van der Waals surface area (Å²) in [6, 6.07) is 0.431. The third kappa shape index (κ3) is 6.13. The minimum Gasteiger partial charge on any atom is -0.464 e. The fourth-order valence-corrected chi connectivity index (χ4v) is 4.88. The molecule has 0 unspecified atom stereocenters. The van der Waals surface area contributed by atoms with Crippen molar-refractivity contribution in [2.75, 3.05) is 26.2 Å². The van der Waals surface area contributed by atoms with E-state index in [-0.39, 0.29) is 0 Å². The standard InChI is InChI=1S/C19H31F2N3OS/c1-19(20,21)13-25-18-23-16-8-11-24(12-9-17(16)26-18)10-2-3-14-4-6-15(22)7-5-14/h14-15H,2-13,22H2,1H3. The first-order valence-corrected chi connectivity index (χ1v) is 10.7. The number of fused-ring (bicyclic) bond motifs is 1. The van der Waals surface area contributed by atoms with Crippen molar-refractivity contribution in [3.05, 3.63) is 10.6 Å². The fraction of sp³-hybridized carbons (Fsp3) is 0.842. The molecule has 1 fully saturated rings. The highest BCUT2D eigenvalue weighted by Gasteiger charge is 2.25. The summed E-state index contributed by atoms with van der Waals surface area (Å²) in [4.78, 5) is 8.15. The van der Waals surface area contributed by atoms with Crippen LogP contribution in [0.15, 0.2) is 0 Å². The second kappa shape index (κ2) is 8.93. The Labute approximate surface area is 159 Å². The van der Waals surface area contributed by atoms with Gasteiger partial charge in [0.05, 0.1) is 5.69 Å². The molecular weight excluding hydrogens is 356 g/mol. The van der Waals surface area contributed by atoms with Crippen molar-refractivity contribution in [3.8, 4) is 5.19 Å². The van der Waals surface area contributed by atoms with Crippen LogP contribution in [-0.2, 0) is 12.8 Å². The van der Waals surface area contributed by atoms with Gasteiger partial charge in [-0.25, -0.2) is 13.8 Å². The SMILES string of the molecule is CC(F)(F)COc1nc2c(s1)CCN(CCCC1CCC(N)CC1)CC2. The van der Waals surface area contributed by atoms with Crippen molar-refractivity contribution in [2.24, 2.45) is 11.7 Å². The number of alkyl halides is 2. The largest absolute Gasteiger partial charge is 0.464 e. The highest BCUT2D eigenvalue weighted by Crippen LogP contribution is 2.30. The molecule has 0 amide bonds. The molecule has 0 saturated heterocycles. The fourth-order valence-electron chi connectivity index (χ4n) is 3.94. The van der Waals surface area contributed by atoms with Crippen LogP contribution in [0.5, 0.6) is 5.19 Å². The highest BCUT2D eigenvalue weighted by atomic mass is 32.1. The number of thiazole rings is 1. The minimum atomic E-state index is -2.82. The van der Waals surface area contributed by atoms with Gasteiger partial charge < -0.3 is 15.4 Å². The highest BCUT2D eigenvalue weighted by molar-refractivity contribution is 7.13. The number of hydrogen-bond acceptors (Lipinski definition) is 5. The van der Waals surface area contributed by atoms with Gasteiger partial charge in [-0.1, -0.05) is 11.3 Å². The quantitative estimate of drug-likeness (QED) is 0.771. The van der Waals surface area contributed by atoms with Crippen LogP contribution in [0.1, 0.15) is 56.0 Å². The van der Waals surface area contributed by atoms with Gasteiger partial charge in [0.15, 0.2) is 6.61 Å². The van der Waals surface area contributed by atoms with Crippen LogP contribution < -0.4 is 10.5 Å². The van der Waals surface area contributed by atoms with Crippen molar-refractivity contribution >= 4 is 11.3 Å². The third-order valence-corrected chi connectivity index (χ3v) is 6.58. The zero-order chi connectivity index (χ0) is 18.6. The smallest absolute Gasteiger partial charge is 0.278 e. The molecule has 0 radical (unpaired) electrons. The number of nitrogens with zero attached hydrogens (tertiary/aromatic N) is 2. The molecule has 0 atom stereocenters. The maximum Gasteiger partial charge on any atom is 0.278 e. The van der Waals surface area contributed by atoms with Gasteiger partial charge in [-0.05, 0) is 57.4 Å². The van der Waals surface area contributed by atoms with Gasteiger partial charge in [0.1, 0.15) is 0 Å². The van der Waals surface area contributed by atoms with Gasteiger partial charge in [0.25, 0.3) is 11.1 Å². The molecule has 1 aliphatic heterocycles. The maximum atomic E-state index is 12.9. The van der Waals surface area contributed by atoms with E-state index >= 15 is 0 Å². The molecule has 1 aromatic heterocycles. The van der Waals surface area contributed by atoms with Crippen LogP contribution in [0.4, 0.5) is 8.78 Å². The summed E-state index contributed by atoms with van der Waals surface area (Å²) in [5.41, 5.74) is 7.02. The number of aromatic nitrogens is 1. The van der Waals surface area contributed by atoms with Crippen molar-refractivity contribution in [2.45, 2.75) is 70.3 Å². The zero-order valence-electron chi connectivity index (χ0n) is 15.7. The van der Waals surface area contributed by atoms with E-state index in [9.17, 15) is 8.78 Å². The van der Waals surface area contributed by atoms with Crippen LogP contribution in [0, 0.1) is 5.92 Å². The maximum absolute atomic E-state index is 12.9. The van der Waals surface area contributed by atoms with Gasteiger partial charge in [0.2, 0.25) is 0 Å². The molecule has 2 heterocycles. The zero-order valence-corrected chi connectivity index (χ0v) is 16.5. The second-order valence-electron chi connectivity index (χ2n) is 7.97. The molecule has 3 rings (SSSR count). The van der Waals surface area contributed by atoms with E-state index in [0.29, 0.717) is 11.2 Å². The lowest BCUT2D eigenvalue weighted by Gasteiger charge is -2.27. The molecular formula is C19H31F2N3OS. The van der Waals surface area contributed by atoms with E-state index in [1.165, 1.54) is 54.7 Å². The molecule has 148 valence electrons. The lowest BCUT2D eigenvalue weighted by molar-refractivity contribution is -0.0230. The average Bonchev–Trinajstić information content (AvgIpc) is 2.89. The molecule has 1 aliphatic carbocycles. The first-order chi connectivity index (χ1) is 12.4. The Hall–Kier alpha value is -0.790. The van der Waals surface area contributed by atoms with Gasteiger partial charge in [-0.3, -0.25) is 0 Å². The van der Waals surface area contributed by atoms with Crippen molar-refractivity contribution in [1.29, 1.82) is 0 Å². The number of nitrogens with two attached hydrogens (primary N) is 1. The summed E-state index contributed by atoms with van der Waals surface area (Å²) in [7, 11) is 0. The summed E-state index contributed by atoms with van der Waals surface area (Å²) >= 11 is 1.43. The van der Waals surface area contributed by atoms with Gasteiger partial charge >= 0.3 is 0 Å². The molecule has 1 aromatic rings. The number of halogens is 2. The molecule has 2 aliphatic rings. The van der Waals surface area contributed by atoms with E-state index in [4.69, 9.17) is 10.5 Å². The van der Waals surface area contributed by atoms with Crippen LogP contribution in [0.3, 0.4) is 0 Å². The summed E-state index contributed by atoms with van der Waals surface area (Å²) in [6.07, 6.45) is 9.35. The van der Waals surface area contributed by atoms with Crippen molar-refractivity contribution < 1.29 is 13.5 Å². The topological polar surface area (TPSA) is 51.4 Å². The monoisotopic (exact) mass is 387 g/mol. The Kier molecular flexibility index (Phi) is 6.86. The summed E-state index contributed by atoms with van der Waals surface area (Å²) in [6.45, 7) is 3.43. The van der Waals surface area contributed by atoms with E-state index in [2.05, 4.69) is 9.88 Å². The molecule has 2 N–H and O–H groups in total. The number of hydrogen-bond donors (Lipinski definition) is 1. The van der Waals surface area contributed by atoms with Crippen LogP contribution >= 0.6 is 11.3 Å². The van der Waals surface area contributed by atoms with Gasteiger partial charge in [-0.15, -0.1) is 0 Å². The first-order valence-electron chi connectivity index (χ1n) is 9.86. The molecule has 0 spiro atoms. The number of ether oxygens (including phenoxy) is 1. The van der Waals surface area contributed by atoms with Gasteiger partial charge in [0, 0.05) is 37.4 Å². The van der Waals surface area contributed by atoms with E-state index in [0.717, 1.165) is 51.0 Å². The Balaban J connectivity index is 1.39. The molecule has 7 heteroatoms. The second-order valence-corrected chi connectivity index (χ2v) is 9.02. The Morgan fingerprint density at radius 3 is 2.69 bits per heavy atom. The lowest BCUT2D eigenvalue weighted by atomic mass is 9.84. The van der Waals surface area contributed by atoms with E-state index in [1.807, 2.05) is 0 Å². The van der Waals surface area contributed by atoms with Crippen LogP contribution in [-0.4, -0.2) is 48.1 Å². The normalized spacial score (nSPS) is 24.9. The summed E-state index contributed by atoms with van der Waals surface area (Å²) in [5, 5.41) is 0.389. The van der Waals surface area contributed by atoms with Crippen LogP contribution in [0.2, 0.25) is 0 Å². The Morgan fingerprint density at radius 1 is 1.23 bits per heavy atom. The predicted molar refractivity (Wildman–Crippen MR) is 101 cm³/mol. The molecule has 26 heavy (non-hydrogen) atoms. The summed E-state index contributed by atoms with van der Waals surface area (Å²) < 4.78 is 31.0. The molecule has 1 saturated carbocycles. The van der Waals surface area contributed by atoms with E-state index in [1.54, 1.807) is 0 Å². The van der Waals surface area contributed by atoms with Gasteiger partial charge in [-0.2, -0.15) is 0 Å². The average molecular weight is 388 g/mol. The molecule has 0 aromatic carbocycles. The lowest BCUT2D eigenvalue weighted by Crippen LogP contribution is -2.29.